The van der Waals surface area contributed by atoms with Gasteiger partial charge in [-0.05, 0) is 6.42 Å². The van der Waals surface area contributed by atoms with Gasteiger partial charge in [-0.2, -0.15) is 13.2 Å². The summed E-state index contributed by atoms with van der Waals surface area (Å²) in [5.41, 5.74) is 0. The molecule has 0 aliphatic carbocycles. The topological polar surface area (TPSA) is 0 Å². The van der Waals surface area contributed by atoms with Gasteiger partial charge in [0.25, 0.3) is 0 Å². The van der Waals surface area contributed by atoms with Gasteiger partial charge in [0.15, 0.2) is 0 Å². The highest BCUT2D eigenvalue weighted by Gasteiger charge is 2.24. The van der Waals surface area contributed by atoms with E-state index >= 15 is 0 Å². The fourth-order valence-electron chi connectivity index (χ4n) is 0.657. The van der Waals surface area contributed by atoms with Crippen LogP contribution in [0.5, 0.6) is 0 Å². The fourth-order valence-corrected chi connectivity index (χ4v) is 0.657. The molecule has 0 nitrogen and oxygen atoms in total. The lowest BCUT2D eigenvalue weighted by Gasteiger charge is -1.99. The van der Waals surface area contributed by atoms with E-state index in [2.05, 4.69) is 0 Å². The summed E-state index contributed by atoms with van der Waals surface area (Å²) < 4.78 is 34.5. The molecule has 0 aromatic carbocycles. The Morgan fingerprint density at radius 1 is 1.18 bits per heavy atom. The Bertz CT molecular complexity index is 113. The second kappa shape index (κ2) is 5.22. The second-order valence-corrected chi connectivity index (χ2v) is 2.43. The van der Waals surface area contributed by atoms with Crippen molar-refractivity contribution in [1.29, 1.82) is 0 Å². The van der Waals surface area contributed by atoms with Crippen LogP contribution in [0.4, 0.5) is 13.2 Å². The van der Waals surface area contributed by atoms with Crippen LogP contribution in [0, 0.1) is 0 Å². The fraction of sp³-hybridized carbons (Fsp3) is 0.750. The summed E-state index contributed by atoms with van der Waals surface area (Å²) in [6.45, 7) is 2.01. The van der Waals surface area contributed by atoms with Gasteiger partial charge in [0.1, 0.15) is 0 Å². The van der Waals surface area contributed by atoms with E-state index < -0.39 is 12.6 Å². The van der Waals surface area contributed by atoms with E-state index in [4.69, 9.17) is 0 Å². The Morgan fingerprint density at radius 3 is 2.27 bits per heavy atom. The molecule has 0 fully saturated rings. The average Bonchev–Trinajstić information content (AvgIpc) is 1.85. The summed E-state index contributed by atoms with van der Waals surface area (Å²) >= 11 is 0. The minimum absolute atomic E-state index is 0.757. The molecule has 0 unspecified atom stereocenters. The van der Waals surface area contributed by atoms with E-state index in [-0.39, 0.29) is 0 Å². The summed E-state index contributed by atoms with van der Waals surface area (Å²) in [4.78, 5) is 0. The van der Waals surface area contributed by atoms with E-state index in [9.17, 15) is 13.2 Å². The van der Waals surface area contributed by atoms with Gasteiger partial charge < -0.3 is 0 Å². The first-order valence-corrected chi connectivity index (χ1v) is 3.78. The van der Waals surface area contributed by atoms with Gasteiger partial charge in [-0.15, -0.1) is 0 Å². The number of unbranched alkanes of at least 4 members (excludes halogenated alkanes) is 2. The highest BCUT2D eigenvalue weighted by atomic mass is 19.4. The van der Waals surface area contributed by atoms with Crippen molar-refractivity contribution in [3.05, 3.63) is 12.2 Å². The molecule has 0 heterocycles. The quantitative estimate of drug-likeness (QED) is 0.441. The predicted molar refractivity (Wildman–Crippen MR) is 39.3 cm³/mol. The van der Waals surface area contributed by atoms with Crippen LogP contribution in [0.3, 0.4) is 0 Å². The second-order valence-electron chi connectivity index (χ2n) is 2.43. The molecule has 0 aliphatic heterocycles. The van der Waals surface area contributed by atoms with Gasteiger partial charge in [-0.25, -0.2) is 0 Å². The lowest BCUT2D eigenvalue weighted by atomic mass is 10.2. The van der Waals surface area contributed by atoms with Crippen molar-refractivity contribution in [1.82, 2.24) is 0 Å². The van der Waals surface area contributed by atoms with Gasteiger partial charge in [-0.1, -0.05) is 31.9 Å². The molecule has 0 aromatic rings. The van der Waals surface area contributed by atoms with Crippen LogP contribution >= 0.6 is 0 Å². The van der Waals surface area contributed by atoms with Crippen molar-refractivity contribution in [3.63, 3.8) is 0 Å². The maximum absolute atomic E-state index is 11.5. The zero-order valence-corrected chi connectivity index (χ0v) is 6.62. The molecule has 0 spiro atoms. The normalized spacial score (nSPS) is 12.7. The van der Waals surface area contributed by atoms with Crippen LogP contribution in [-0.4, -0.2) is 6.18 Å². The van der Waals surface area contributed by atoms with Crippen molar-refractivity contribution in [2.24, 2.45) is 0 Å². The number of allylic oxidation sites excluding steroid dienone is 2. The molecule has 0 rings (SSSR count). The average molecular weight is 166 g/mol. The Balaban J connectivity index is 3.30. The number of hydrogen-bond acceptors (Lipinski definition) is 0. The van der Waals surface area contributed by atoms with Gasteiger partial charge in [0, 0.05) is 0 Å². The summed E-state index contributed by atoms with van der Waals surface area (Å²) in [7, 11) is 0. The molecule has 11 heavy (non-hydrogen) atoms. The van der Waals surface area contributed by atoms with E-state index in [1.165, 1.54) is 6.08 Å². The smallest absolute Gasteiger partial charge is 0.171 e. The molecule has 3 heteroatoms. The van der Waals surface area contributed by atoms with Crippen molar-refractivity contribution < 1.29 is 13.2 Å². The number of alkyl halides is 3. The van der Waals surface area contributed by atoms with Gasteiger partial charge >= 0.3 is 6.18 Å². The molecular weight excluding hydrogens is 153 g/mol. The van der Waals surface area contributed by atoms with Crippen LogP contribution in [0.15, 0.2) is 12.2 Å². The minimum atomic E-state index is -4.04. The summed E-state index contributed by atoms with van der Waals surface area (Å²) in [6, 6.07) is 0. The summed E-state index contributed by atoms with van der Waals surface area (Å²) in [5.74, 6) is 0. The number of hydrogen-bond donors (Lipinski definition) is 0. The monoisotopic (exact) mass is 166 g/mol. The van der Waals surface area contributed by atoms with Crippen molar-refractivity contribution >= 4 is 0 Å². The molecular formula is C8H13F3. The molecule has 0 saturated carbocycles. The van der Waals surface area contributed by atoms with Crippen molar-refractivity contribution in [2.45, 2.75) is 38.8 Å². The lowest BCUT2D eigenvalue weighted by Crippen LogP contribution is -2.03. The molecule has 0 saturated heterocycles. The Labute approximate surface area is 65.1 Å². The van der Waals surface area contributed by atoms with Gasteiger partial charge in [0.2, 0.25) is 0 Å². The largest absolute Gasteiger partial charge is 0.392 e. The molecule has 0 radical (unpaired) electrons. The predicted octanol–water partition coefficient (Wildman–Crippen LogP) is 3.69. The Morgan fingerprint density at radius 2 is 1.82 bits per heavy atom. The molecule has 0 bridgehead atoms. The van der Waals surface area contributed by atoms with E-state index in [1.807, 2.05) is 6.92 Å². The Hall–Kier alpha value is -0.470. The molecule has 0 aliphatic rings. The standard InChI is InChI=1S/C8H13F3/c1-2-3-4-5-6-7-8(9,10)11/h5-6H,2-4,7H2,1H3/b6-5-. The van der Waals surface area contributed by atoms with E-state index in [0.717, 1.165) is 19.3 Å². The first-order valence-electron chi connectivity index (χ1n) is 3.78. The summed E-state index contributed by atoms with van der Waals surface area (Å²) in [6.07, 6.45) is 0.698. The summed E-state index contributed by atoms with van der Waals surface area (Å²) in [5, 5.41) is 0. The maximum Gasteiger partial charge on any atom is 0.392 e. The van der Waals surface area contributed by atoms with Crippen LogP contribution < -0.4 is 0 Å². The minimum Gasteiger partial charge on any atom is -0.171 e. The van der Waals surface area contributed by atoms with Gasteiger partial charge in [0.05, 0.1) is 6.42 Å². The third kappa shape index (κ3) is 9.53. The Kier molecular flexibility index (Phi) is 4.99. The molecule has 0 N–H and O–H groups in total. The highest BCUT2D eigenvalue weighted by molar-refractivity contribution is 4.83. The van der Waals surface area contributed by atoms with Gasteiger partial charge in [-0.3, -0.25) is 0 Å². The molecule has 66 valence electrons. The van der Waals surface area contributed by atoms with E-state index in [1.54, 1.807) is 6.08 Å². The van der Waals surface area contributed by atoms with Crippen LogP contribution in [-0.2, 0) is 0 Å². The van der Waals surface area contributed by atoms with Crippen LogP contribution in [0.1, 0.15) is 32.6 Å². The third-order valence-electron chi connectivity index (χ3n) is 1.24. The lowest BCUT2D eigenvalue weighted by molar-refractivity contribution is -0.125. The first kappa shape index (κ1) is 10.5. The zero-order chi connectivity index (χ0) is 8.74. The molecule has 0 aromatic heterocycles. The van der Waals surface area contributed by atoms with Crippen molar-refractivity contribution in [3.8, 4) is 0 Å². The van der Waals surface area contributed by atoms with Crippen LogP contribution in [0.2, 0.25) is 0 Å². The zero-order valence-electron chi connectivity index (χ0n) is 6.62. The molecule has 0 atom stereocenters. The third-order valence-corrected chi connectivity index (χ3v) is 1.24. The van der Waals surface area contributed by atoms with Crippen molar-refractivity contribution in [2.75, 3.05) is 0 Å². The number of halogens is 3. The molecule has 0 amide bonds. The van der Waals surface area contributed by atoms with Crippen LogP contribution in [0.25, 0.3) is 0 Å². The number of rotatable bonds is 4. The maximum atomic E-state index is 11.5. The highest BCUT2D eigenvalue weighted by Crippen LogP contribution is 2.19. The van der Waals surface area contributed by atoms with E-state index in [0.29, 0.717) is 0 Å². The SMILES string of the molecule is CCCC/C=C\CC(F)(F)F. The first-order chi connectivity index (χ1) is 5.06.